The molecule has 3 N–H and O–H groups in total. The zero-order chi connectivity index (χ0) is 15.4. The fourth-order valence-corrected chi connectivity index (χ4v) is 4.20. The Hall–Kier alpha value is -1.48. The van der Waals surface area contributed by atoms with Gasteiger partial charge in [0.05, 0.1) is 12.2 Å². The summed E-state index contributed by atoms with van der Waals surface area (Å²) in [6.07, 6.45) is 1.44. The minimum Gasteiger partial charge on any atom is -0.477 e. The van der Waals surface area contributed by atoms with Gasteiger partial charge in [-0.15, -0.1) is 11.3 Å². The smallest absolute Gasteiger partial charge is 0.347 e. The molecule has 9 heteroatoms. The van der Waals surface area contributed by atoms with Crippen molar-refractivity contribution in [3.05, 3.63) is 15.6 Å². The van der Waals surface area contributed by atoms with Crippen molar-refractivity contribution in [1.29, 1.82) is 0 Å². The van der Waals surface area contributed by atoms with Crippen LogP contribution in [0.25, 0.3) is 0 Å². The summed E-state index contributed by atoms with van der Waals surface area (Å²) in [5.41, 5.74) is 0.458. The number of carbonyl (C=O) groups is 2. The number of rotatable bonds is 4. The third-order valence-corrected chi connectivity index (χ3v) is 5.69. The third-order valence-electron chi connectivity index (χ3n) is 3.16. The number of carboxylic acids is 1. The highest BCUT2D eigenvalue weighted by Gasteiger charge is 2.20. The molecule has 1 saturated heterocycles. The molecule has 0 saturated carbocycles. The highest BCUT2D eigenvalue weighted by molar-refractivity contribution is 7.85. The molecule has 0 spiro atoms. The molecule has 1 fully saturated rings. The maximum atomic E-state index is 11.8. The van der Waals surface area contributed by atoms with Crippen LogP contribution in [-0.4, -0.2) is 43.8 Å². The molecule has 21 heavy (non-hydrogen) atoms. The van der Waals surface area contributed by atoms with Gasteiger partial charge >= 0.3 is 12.0 Å². The molecule has 1 aliphatic heterocycles. The summed E-state index contributed by atoms with van der Waals surface area (Å²) in [6.45, 7) is 1.83. The first kappa shape index (κ1) is 15.9. The number of aryl methyl sites for hydroxylation is 1. The Labute approximate surface area is 128 Å². The van der Waals surface area contributed by atoms with E-state index >= 15 is 0 Å². The predicted octanol–water partition coefficient (Wildman–Crippen LogP) is 0.860. The SMILES string of the molecule is Cc1nc(CNC(=O)NC2CCS(=O)CC2)sc1C(=O)O. The second-order valence-electron chi connectivity index (χ2n) is 4.78. The highest BCUT2D eigenvalue weighted by Crippen LogP contribution is 2.17. The lowest BCUT2D eigenvalue weighted by molar-refractivity contribution is 0.0701. The average Bonchev–Trinajstić information content (AvgIpc) is 2.81. The van der Waals surface area contributed by atoms with Gasteiger partial charge < -0.3 is 15.7 Å². The summed E-state index contributed by atoms with van der Waals surface area (Å²) < 4.78 is 11.2. The van der Waals surface area contributed by atoms with E-state index in [1.807, 2.05) is 0 Å². The van der Waals surface area contributed by atoms with E-state index in [4.69, 9.17) is 5.11 Å². The molecule has 0 atom stereocenters. The molecule has 7 nitrogen and oxygen atoms in total. The second-order valence-corrected chi connectivity index (χ2v) is 7.56. The molecule has 0 unspecified atom stereocenters. The van der Waals surface area contributed by atoms with Crippen molar-refractivity contribution in [2.75, 3.05) is 11.5 Å². The summed E-state index contributed by atoms with van der Waals surface area (Å²) in [5, 5.41) is 15.0. The van der Waals surface area contributed by atoms with Gasteiger partial charge in [-0.25, -0.2) is 14.6 Å². The normalized spacial score (nSPS) is 21.8. The van der Waals surface area contributed by atoms with Crippen LogP contribution in [0.3, 0.4) is 0 Å². The molecule has 1 aromatic rings. The number of nitrogens with one attached hydrogen (secondary N) is 2. The number of urea groups is 1. The first-order chi connectivity index (χ1) is 9.95. The molecule has 1 aromatic heterocycles. The lowest BCUT2D eigenvalue weighted by Crippen LogP contribution is -2.44. The standard InChI is InChI=1S/C12H17N3O4S2/c1-7-10(11(16)17)20-9(14-7)6-13-12(18)15-8-2-4-21(19)5-3-8/h8H,2-6H2,1H3,(H,16,17)(H2,13,15,18). The number of nitrogens with zero attached hydrogens (tertiary/aromatic N) is 1. The van der Waals surface area contributed by atoms with E-state index in [2.05, 4.69) is 15.6 Å². The Kier molecular flexibility index (Phi) is 5.29. The average molecular weight is 331 g/mol. The summed E-state index contributed by atoms with van der Waals surface area (Å²) in [5.74, 6) is 0.243. The van der Waals surface area contributed by atoms with Crippen LogP contribution in [0, 0.1) is 6.92 Å². The van der Waals surface area contributed by atoms with Crippen molar-refractivity contribution in [1.82, 2.24) is 15.6 Å². The number of aromatic carboxylic acids is 1. The van der Waals surface area contributed by atoms with Crippen LogP contribution in [0.4, 0.5) is 4.79 Å². The van der Waals surface area contributed by atoms with Crippen molar-refractivity contribution >= 4 is 34.1 Å². The molecular weight excluding hydrogens is 314 g/mol. The zero-order valence-corrected chi connectivity index (χ0v) is 13.2. The van der Waals surface area contributed by atoms with Gasteiger partial charge in [0.25, 0.3) is 0 Å². The Balaban J connectivity index is 1.80. The van der Waals surface area contributed by atoms with Crippen molar-refractivity contribution in [2.45, 2.75) is 32.4 Å². The topological polar surface area (TPSA) is 108 Å². The summed E-state index contributed by atoms with van der Waals surface area (Å²) in [4.78, 5) is 27.0. The molecule has 2 heterocycles. The van der Waals surface area contributed by atoms with E-state index in [-0.39, 0.29) is 23.5 Å². The summed E-state index contributed by atoms with van der Waals surface area (Å²) in [6, 6.07) is -0.257. The van der Waals surface area contributed by atoms with E-state index in [1.165, 1.54) is 0 Å². The molecular formula is C12H17N3O4S2. The summed E-state index contributed by atoms with van der Waals surface area (Å²) >= 11 is 1.06. The van der Waals surface area contributed by atoms with Crippen LogP contribution in [-0.2, 0) is 17.3 Å². The monoisotopic (exact) mass is 331 g/mol. The maximum absolute atomic E-state index is 11.8. The van der Waals surface area contributed by atoms with Crippen LogP contribution in [0.2, 0.25) is 0 Å². The maximum Gasteiger partial charge on any atom is 0.347 e. The van der Waals surface area contributed by atoms with Crippen molar-refractivity contribution < 1.29 is 18.9 Å². The molecule has 0 aromatic carbocycles. The molecule has 2 amide bonds. The van der Waals surface area contributed by atoms with Gasteiger partial charge in [0.2, 0.25) is 0 Å². The number of carbonyl (C=O) groups excluding carboxylic acids is 1. The van der Waals surface area contributed by atoms with E-state index in [0.29, 0.717) is 22.2 Å². The Bertz CT molecular complexity index is 563. The lowest BCUT2D eigenvalue weighted by atomic mass is 10.2. The number of carboxylic acid groups (broad SMARTS) is 1. The lowest BCUT2D eigenvalue weighted by Gasteiger charge is -2.22. The van der Waals surface area contributed by atoms with Crippen LogP contribution in [0.1, 0.15) is 33.2 Å². The van der Waals surface area contributed by atoms with Crippen molar-refractivity contribution in [2.24, 2.45) is 0 Å². The quantitative estimate of drug-likeness (QED) is 0.758. The predicted molar refractivity (Wildman–Crippen MR) is 80.1 cm³/mol. The molecule has 116 valence electrons. The van der Waals surface area contributed by atoms with Crippen LogP contribution in [0.5, 0.6) is 0 Å². The highest BCUT2D eigenvalue weighted by atomic mass is 32.2. The third kappa shape index (κ3) is 4.50. The van der Waals surface area contributed by atoms with Gasteiger partial charge in [-0.1, -0.05) is 0 Å². The minimum atomic E-state index is -1.00. The second kappa shape index (κ2) is 6.99. The number of thiazole rings is 1. The molecule has 1 aliphatic rings. The number of amides is 2. The molecule has 0 bridgehead atoms. The van der Waals surface area contributed by atoms with E-state index in [0.717, 1.165) is 24.2 Å². The first-order valence-corrected chi connectivity index (χ1v) is 8.85. The van der Waals surface area contributed by atoms with Gasteiger partial charge in [-0.3, -0.25) is 4.21 Å². The fraction of sp³-hybridized carbons (Fsp3) is 0.583. The van der Waals surface area contributed by atoms with E-state index < -0.39 is 16.8 Å². The van der Waals surface area contributed by atoms with Gasteiger partial charge in [-0.05, 0) is 19.8 Å². The fourth-order valence-electron chi connectivity index (χ4n) is 2.06. The summed E-state index contributed by atoms with van der Waals surface area (Å²) in [7, 11) is -0.749. The number of aromatic nitrogens is 1. The largest absolute Gasteiger partial charge is 0.477 e. The molecule has 2 rings (SSSR count). The first-order valence-electron chi connectivity index (χ1n) is 6.54. The van der Waals surface area contributed by atoms with Gasteiger partial charge in [0.15, 0.2) is 0 Å². The zero-order valence-electron chi connectivity index (χ0n) is 11.5. The van der Waals surface area contributed by atoms with E-state index in [9.17, 15) is 13.8 Å². The Morgan fingerprint density at radius 3 is 2.67 bits per heavy atom. The van der Waals surface area contributed by atoms with Crippen LogP contribution >= 0.6 is 11.3 Å². The van der Waals surface area contributed by atoms with E-state index in [1.54, 1.807) is 6.92 Å². The Morgan fingerprint density at radius 2 is 2.10 bits per heavy atom. The van der Waals surface area contributed by atoms with Crippen molar-refractivity contribution in [3.8, 4) is 0 Å². The van der Waals surface area contributed by atoms with Crippen LogP contribution < -0.4 is 10.6 Å². The van der Waals surface area contributed by atoms with Crippen LogP contribution in [0.15, 0.2) is 0 Å². The molecule has 0 aliphatic carbocycles. The minimum absolute atomic E-state index is 0.0512. The number of hydrogen-bond donors (Lipinski definition) is 3. The van der Waals surface area contributed by atoms with Gasteiger partial charge in [-0.2, -0.15) is 0 Å². The number of hydrogen-bond acceptors (Lipinski definition) is 5. The van der Waals surface area contributed by atoms with Gasteiger partial charge in [0, 0.05) is 28.3 Å². The molecule has 0 radical (unpaired) electrons. The Morgan fingerprint density at radius 1 is 1.43 bits per heavy atom. The van der Waals surface area contributed by atoms with Gasteiger partial charge in [0.1, 0.15) is 9.88 Å². The van der Waals surface area contributed by atoms with Crippen molar-refractivity contribution in [3.63, 3.8) is 0 Å².